The van der Waals surface area contributed by atoms with Gasteiger partial charge in [0.05, 0.1) is 5.39 Å². The van der Waals surface area contributed by atoms with Crippen LogP contribution in [0.3, 0.4) is 0 Å². The van der Waals surface area contributed by atoms with Crippen LogP contribution in [-0.2, 0) is 11.3 Å². The van der Waals surface area contributed by atoms with Crippen LogP contribution in [0.25, 0.3) is 11.0 Å². The number of ether oxygens (including phenoxy) is 1. The van der Waals surface area contributed by atoms with E-state index in [4.69, 9.17) is 10.5 Å². The van der Waals surface area contributed by atoms with Crippen LogP contribution in [0.2, 0.25) is 0 Å². The molecule has 0 aliphatic carbocycles. The first-order chi connectivity index (χ1) is 14.6. The maximum absolute atomic E-state index is 10.6. The predicted molar refractivity (Wildman–Crippen MR) is 117 cm³/mol. The van der Waals surface area contributed by atoms with Crippen LogP contribution in [0.5, 0.6) is 0 Å². The first kappa shape index (κ1) is 21.0. The van der Waals surface area contributed by atoms with E-state index in [1.54, 1.807) is 16.8 Å². The molecule has 1 aliphatic rings. The SMILES string of the molecule is Nc1ncnc2c1c(Br)cn2[C@@H]1O[C@H](/C=C/CCNCc2ccccc2)[C@@H](O)[C@H]1O. The molecule has 1 saturated heterocycles. The third-order valence-electron chi connectivity index (χ3n) is 5.13. The summed E-state index contributed by atoms with van der Waals surface area (Å²) in [6.07, 6.45) is 4.07. The summed E-state index contributed by atoms with van der Waals surface area (Å²) in [5, 5.41) is 25.0. The van der Waals surface area contributed by atoms with Crippen molar-refractivity contribution in [3.05, 3.63) is 65.0 Å². The van der Waals surface area contributed by atoms with E-state index in [1.807, 2.05) is 24.3 Å². The topological polar surface area (TPSA) is 118 Å². The maximum Gasteiger partial charge on any atom is 0.164 e. The number of hydrogen-bond acceptors (Lipinski definition) is 7. The summed E-state index contributed by atoms with van der Waals surface area (Å²) < 4.78 is 8.31. The number of aromatic nitrogens is 3. The lowest BCUT2D eigenvalue weighted by atomic mass is 10.1. The number of nitrogens with zero attached hydrogens (tertiary/aromatic N) is 3. The zero-order valence-corrected chi connectivity index (χ0v) is 17.8. The average Bonchev–Trinajstić information content (AvgIpc) is 3.23. The van der Waals surface area contributed by atoms with Gasteiger partial charge in [-0.15, -0.1) is 0 Å². The Balaban J connectivity index is 1.37. The molecule has 4 atom stereocenters. The minimum Gasteiger partial charge on any atom is -0.387 e. The Kier molecular flexibility index (Phi) is 6.45. The third kappa shape index (κ3) is 4.26. The molecule has 4 rings (SSSR count). The minimum absolute atomic E-state index is 0.332. The Morgan fingerprint density at radius 1 is 1.20 bits per heavy atom. The molecule has 0 bridgehead atoms. The lowest BCUT2D eigenvalue weighted by Gasteiger charge is -2.17. The lowest BCUT2D eigenvalue weighted by Crippen LogP contribution is -2.30. The van der Waals surface area contributed by atoms with Crippen LogP contribution in [0, 0.1) is 0 Å². The monoisotopic (exact) mass is 473 g/mol. The summed E-state index contributed by atoms with van der Waals surface area (Å²) in [6, 6.07) is 10.2. The van der Waals surface area contributed by atoms with Gasteiger partial charge < -0.3 is 30.6 Å². The van der Waals surface area contributed by atoms with Crippen molar-refractivity contribution in [1.82, 2.24) is 19.9 Å². The summed E-state index contributed by atoms with van der Waals surface area (Å²) >= 11 is 3.45. The second kappa shape index (κ2) is 9.23. The van der Waals surface area contributed by atoms with E-state index in [-0.39, 0.29) is 0 Å². The van der Waals surface area contributed by atoms with Gasteiger partial charge in [-0.3, -0.25) is 0 Å². The zero-order chi connectivity index (χ0) is 21.1. The highest BCUT2D eigenvalue weighted by Gasteiger charge is 2.43. The fourth-order valence-electron chi connectivity index (χ4n) is 3.57. The zero-order valence-electron chi connectivity index (χ0n) is 16.2. The van der Waals surface area contributed by atoms with Gasteiger partial charge in [-0.1, -0.05) is 42.5 Å². The number of aliphatic hydroxyl groups is 2. The fourth-order valence-corrected chi connectivity index (χ4v) is 4.18. The van der Waals surface area contributed by atoms with E-state index >= 15 is 0 Å². The predicted octanol–water partition coefficient (Wildman–Crippen LogP) is 2.13. The molecule has 3 aromatic rings. The molecule has 30 heavy (non-hydrogen) atoms. The number of rotatable bonds is 7. The number of fused-ring (bicyclic) bond motifs is 1. The van der Waals surface area contributed by atoms with Crippen molar-refractivity contribution in [2.75, 3.05) is 12.3 Å². The number of hydrogen-bond donors (Lipinski definition) is 4. The largest absolute Gasteiger partial charge is 0.387 e. The maximum atomic E-state index is 10.6. The number of nitrogens with one attached hydrogen (secondary N) is 1. The van der Waals surface area contributed by atoms with E-state index in [9.17, 15) is 10.2 Å². The number of benzene rings is 1. The van der Waals surface area contributed by atoms with Crippen LogP contribution in [-0.4, -0.2) is 49.6 Å². The van der Waals surface area contributed by atoms with Gasteiger partial charge in [0.1, 0.15) is 36.1 Å². The summed E-state index contributed by atoms with van der Waals surface area (Å²) in [5.41, 5.74) is 7.70. The van der Waals surface area contributed by atoms with E-state index in [1.165, 1.54) is 11.9 Å². The van der Waals surface area contributed by atoms with E-state index in [2.05, 4.69) is 43.3 Å². The summed E-state index contributed by atoms with van der Waals surface area (Å²) in [6.45, 7) is 1.60. The Morgan fingerprint density at radius 2 is 2.00 bits per heavy atom. The van der Waals surface area contributed by atoms with E-state index in [0.29, 0.717) is 21.3 Å². The van der Waals surface area contributed by atoms with Gasteiger partial charge in [-0.05, 0) is 34.5 Å². The van der Waals surface area contributed by atoms with Crippen LogP contribution < -0.4 is 11.1 Å². The molecule has 8 nitrogen and oxygen atoms in total. The van der Waals surface area contributed by atoms with Crippen molar-refractivity contribution in [2.45, 2.75) is 37.5 Å². The summed E-state index contributed by atoms with van der Waals surface area (Å²) in [7, 11) is 0. The average molecular weight is 474 g/mol. The first-order valence-corrected chi connectivity index (χ1v) is 10.5. The molecule has 158 valence electrons. The molecule has 2 aromatic heterocycles. The van der Waals surface area contributed by atoms with Gasteiger partial charge in [-0.25, -0.2) is 9.97 Å². The Bertz CT molecular complexity index is 1030. The van der Waals surface area contributed by atoms with Crippen LogP contribution in [0.1, 0.15) is 18.2 Å². The van der Waals surface area contributed by atoms with Gasteiger partial charge in [0, 0.05) is 17.2 Å². The van der Waals surface area contributed by atoms with Crippen molar-refractivity contribution in [2.24, 2.45) is 0 Å². The Hall–Kier alpha value is -2.30. The van der Waals surface area contributed by atoms with Crippen molar-refractivity contribution in [1.29, 1.82) is 0 Å². The quantitative estimate of drug-likeness (QED) is 0.306. The van der Waals surface area contributed by atoms with Crippen LogP contribution in [0.15, 0.2) is 59.5 Å². The number of nitrogens with two attached hydrogens (primary N) is 1. The van der Waals surface area contributed by atoms with Crippen LogP contribution in [0.4, 0.5) is 5.82 Å². The highest BCUT2D eigenvalue weighted by atomic mass is 79.9. The first-order valence-electron chi connectivity index (χ1n) is 9.75. The molecule has 5 N–H and O–H groups in total. The van der Waals surface area contributed by atoms with Gasteiger partial charge in [0.2, 0.25) is 0 Å². The van der Waals surface area contributed by atoms with Crippen molar-refractivity contribution >= 4 is 32.8 Å². The van der Waals surface area contributed by atoms with Crippen molar-refractivity contribution in [3.63, 3.8) is 0 Å². The molecule has 0 radical (unpaired) electrons. The van der Waals surface area contributed by atoms with E-state index in [0.717, 1.165) is 19.5 Å². The van der Waals surface area contributed by atoms with Gasteiger partial charge in [0.15, 0.2) is 6.23 Å². The van der Waals surface area contributed by atoms with Gasteiger partial charge in [-0.2, -0.15) is 0 Å². The Labute approximate surface area is 182 Å². The molecule has 1 aromatic carbocycles. The summed E-state index contributed by atoms with van der Waals surface area (Å²) in [4.78, 5) is 8.25. The van der Waals surface area contributed by atoms with Gasteiger partial charge in [0.25, 0.3) is 0 Å². The number of anilines is 1. The number of nitrogen functional groups attached to an aromatic ring is 1. The summed E-state index contributed by atoms with van der Waals surface area (Å²) in [5.74, 6) is 0.332. The molecule has 0 unspecified atom stereocenters. The Morgan fingerprint density at radius 3 is 2.80 bits per heavy atom. The minimum atomic E-state index is -1.10. The van der Waals surface area contributed by atoms with Crippen LogP contribution >= 0.6 is 15.9 Å². The number of halogens is 1. The molecular formula is C21H24BrN5O3. The molecule has 0 saturated carbocycles. The van der Waals surface area contributed by atoms with E-state index < -0.39 is 24.5 Å². The molecule has 9 heteroatoms. The molecule has 1 fully saturated rings. The fraction of sp³-hybridized carbons (Fsp3) is 0.333. The molecular weight excluding hydrogens is 450 g/mol. The lowest BCUT2D eigenvalue weighted by molar-refractivity contribution is -0.0242. The molecule has 3 heterocycles. The molecule has 0 spiro atoms. The van der Waals surface area contributed by atoms with Crippen molar-refractivity contribution < 1.29 is 14.9 Å². The van der Waals surface area contributed by atoms with Gasteiger partial charge >= 0.3 is 0 Å². The van der Waals surface area contributed by atoms with Crippen molar-refractivity contribution in [3.8, 4) is 0 Å². The normalized spacial score (nSPS) is 24.2. The highest BCUT2D eigenvalue weighted by molar-refractivity contribution is 9.10. The standard InChI is InChI=1S/C21H24BrN5O3/c22-14-11-27(20-16(14)19(23)25-12-26-20)21-18(29)17(28)15(30-21)8-4-5-9-24-10-13-6-2-1-3-7-13/h1-4,6-8,11-12,15,17-18,21,24,28-29H,5,9-10H2,(H2,23,25,26)/b8-4+/t15-,17-,18-,21-/m1/s1. The smallest absolute Gasteiger partial charge is 0.164 e. The second-order valence-electron chi connectivity index (χ2n) is 7.19. The third-order valence-corrected chi connectivity index (χ3v) is 5.73. The second-order valence-corrected chi connectivity index (χ2v) is 8.05. The molecule has 0 amide bonds. The molecule has 1 aliphatic heterocycles. The highest BCUT2D eigenvalue weighted by Crippen LogP contribution is 2.36. The number of aliphatic hydroxyl groups excluding tert-OH is 2.